The van der Waals surface area contributed by atoms with E-state index in [2.05, 4.69) is 17.1 Å². The van der Waals surface area contributed by atoms with Crippen LogP contribution in [0.2, 0.25) is 5.02 Å². The summed E-state index contributed by atoms with van der Waals surface area (Å²) in [5.41, 5.74) is 3.39. The van der Waals surface area contributed by atoms with Crippen LogP contribution < -0.4 is 0 Å². The zero-order chi connectivity index (χ0) is 17.1. The van der Waals surface area contributed by atoms with E-state index in [0.717, 1.165) is 17.5 Å². The number of nitrogens with zero attached hydrogens (tertiary/aromatic N) is 1. The van der Waals surface area contributed by atoms with Gasteiger partial charge in [-0.25, -0.2) is 0 Å². The third-order valence-corrected chi connectivity index (χ3v) is 4.86. The molecule has 0 fully saturated rings. The van der Waals surface area contributed by atoms with Gasteiger partial charge in [-0.3, -0.25) is 4.79 Å². The van der Waals surface area contributed by atoms with E-state index >= 15 is 0 Å². The number of hydrogen-bond acceptors (Lipinski definition) is 1. The van der Waals surface area contributed by atoms with Crippen molar-refractivity contribution in [1.82, 2.24) is 9.88 Å². The van der Waals surface area contributed by atoms with Crippen molar-refractivity contribution in [2.45, 2.75) is 25.8 Å². The van der Waals surface area contributed by atoms with Crippen molar-refractivity contribution in [1.29, 1.82) is 0 Å². The summed E-state index contributed by atoms with van der Waals surface area (Å²) in [6.45, 7) is 2.03. The summed E-state index contributed by atoms with van der Waals surface area (Å²) in [6, 6.07) is 15.9. The predicted molar refractivity (Wildman–Crippen MR) is 99.3 cm³/mol. The first-order valence-electron chi connectivity index (χ1n) is 8.12. The number of carbonyl (C=O) groups excluding carboxylic acids is 1. The van der Waals surface area contributed by atoms with Gasteiger partial charge in [0.2, 0.25) is 5.91 Å². The molecule has 4 heteroatoms. The number of para-hydroxylation sites is 1. The van der Waals surface area contributed by atoms with E-state index in [9.17, 15) is 4.79 Å². The molecule has 0 aliphatic carbocycles. The number of rotatable bonds is 5. The van der Waals surface area contributed by atoms with Gasteiger partial charge in [0.25, 0.3) is 0 Å². The number of halogens is 1. The maximum Gasteiger partial charge on any atom is 0.223 e. The fourth-order valence-corrected chi connectivity index (χ4v) is 3.06. The molecule has 0 aliphatic heterocycles. The van der Waals surface area contributed by atoms with Gasteiger partial charge in [0, 0.05) is 35.6 Å². The van der Waals surface area contributed by atoms with Gasteiger partial charge in [0.15, 0.2) is 0 Å². The highest BCUT2D eigenvalue weighted by Crippen LogP contribution is 2.23. The van der Waals surface area contributed by atoms with Gasteiger partial charge in [-0.15, -0.1) is 0 Å². The fourth-order valence-electron chi connectivity index (χ4n) is 2.94. The maximum absolute atomic E-state index is 12.5. The lowest BCUT2D eigenvalue weighted by Crippen LogP contribution is -2.29. The summed E-state index contributed by atoms with van der Waals surface area (Å²) >= 11 is 5.93. The lowest BCUT2D eigenvalue weighted by molar-refractivity contribution is -0.131. The number of nitrogens with one attached hydrogen (secondary N) is 1. The number of hydrogen-bond donors (Lipinski definition) is 1. The first-order valence-corrected chi connectivity index (χ1v) is 8.50. The number of carbonyl (C=O) groups is 1. The second-order valence-electron chi connectivity index (χ2n) is 6.09. The number of aromatic amines is 1. The molecule has 1 heterocycles. The average Bonchev–Trinajstić information content (AvgIpc) is 3.02. The lowest BCUT2D eigenvalue weighted by atomic mass is 10.1. The van der Waals surface area contributed by atoms with Gasteiger partial charge < -0.3 is 9.88 Å². The summed E-state index contributed by atoms with van der Waals surface area (Å²) in [7, 11) is 1.86. The Balaban J connectivity index is 1.64. The summed E-state index contributed by atoms with van der Waals surface area (Å²) in [5.74, 6) is 0.141. The molecule has 3 aromatic rings. The number of benzene rings is 2. The predicted octanol–water partition coefficient (Wildman–Crippen LogP) is 4.97. The standard InChI is InChI=1S/C20H21ClN2O/c1-14(15-7-10-17(21)11-8-15)23(2)20(24)12-9-16-13-22-19-6-4-3-5-18(16)19/h3-8,10-11,13-14,22H,9,12H2,1-2H3. The third-order valence-electron chi connectivity index (χ3n) is 4.61. The zero-order valence-electron chi connectivity index (χ0n) is 13.9. The van der Waals surface area contributed by atoms with Crippen LogP contribution in [0.3, 0.4) is 0 Å². The molecule has 0 saturated heterocycles. The van der Waals surface area contributed by atoms with Gasteiger partial charge in [-0.05, 0) is 42.7 Å². The number of aromatic nitrogens is 1. The zero-order valence-corrected chi connectivity index (χ0v) is 14.7. The highest BCUT2D eigenvalue weighted by atomic mass is 35.5. The molecule has 3 nitrogen and oxygen atoms in total. The number of fused-ring (bicyclic) bond motifs is 1. The minimum Gasteiger partial charge on any atom is -0.361 e. The Kier molecular flexibility index (Phi) is 4.91. The van der Waals surface area contributed by atoms with Gasteiger partial charge in [0.05, 0.1) is 6.04 Å². The quantitative estimate of drug-likeness (QED) is 0.699. The Bertz CT molecular complexity index is 838. The summed E-state index contributed by atoms with van der Waals surface area (Å²) in [6.07, 6.45) is 3.23. The van der Waals surface area contributed by atoms with Crippen molar-refractivity contribution in [3.63, 3.8) is 0 Å². The molecular formula is C20H21ClN2O. The molecule has 1 atom stereocenters. The second-order valence-corrected chi connectivity index (χ2v) is 6.53. The van der Waals surface area contributed by atoms with Crippen molar-refractivity contribution in [3.8, 4) is 0 Å². The smallest absolute Gasteiger partial charge is 0.223 e. The van der Waals surface area contributed by atoms with Gasteiger partial charge in [-0.2, -0.15) is 0 Å². The molecule has 24 heavy (non-hydrogen) atoms. The van der Waals surface area contributed by atoms with Crippen molar-refractivity contribution in [2.75, 3.05) is 7.05 Å². The molecule has 1 unspecified atom stereocenters. The Morgan fingerprint density at radius 1 is 1.17 bits per heavy atom. The van der Waals surface area contributed by atoms with E-state index < -0.39 is 0 Å². The Labute approximate surface area is 147 Å². The van der Waals surface area contributed by atoms with Crippen LogP contribution in [-0.2, 0) is 11.2 Å². The van der Waals surface area contributed by atoms with Crippen LogP contribution in [0.1, 0.15) is 30.5 Å². The van der Waals surface area contributed by atoms with E-state index in [4.69, 9.17) is 11.6 Å². The van der Waals surface area contributed by atoms with Gasteiger partial charge >= 0.3 is 0 Å². The van der Waals surface area contributed by atoms with E-state index in [1.54, 1.807) is 4.90 Å². The van der Waals surface area contributed by atoms with Crippen LogP contribution in [0.5, 0.6) is 0 Å². The van der Waals surface area contributed by atoms with Crippen molar-refractivity contribution in [3.05, 3.63) is 70.9 Å². The Morgan fingerprint density at radius 2 is 1.88 bits per heavy atom. The molecule has 0 saturated carbocycles. The molecule has 1 amide bonds. The van der Waals surface area contributed by atoms with Gasteiger partial charge in [-0.1, -0.05) is 41.9 Å². The highest BCUT2D eigenvalue weighted by molar-refractivity contribution is 6.30. The third kappa shape index (κ3) is 3.46. The fraction of sp³-hybridized carbons (Fsp3) is 0.250. The molecule has 0 spiro atoms. The van der Waals surface area contributed by atoms with E-state index in [-0.39, 0.29) is 11.9 Å². The first-order chi connectivity index (χ1) is 11.6. The van der Waals surface area contributed by atoms with Crippen LogP contribution in [-0.4, -0.2) is 22.8 Å². The number of amides is 1. The molecule has 0 aliphatic rings. The van der Waals surface area contributed by atoms with E-state index in [1.165, 1.54) is 10.9 Å². The van der Waals surface area contributed by atoms with Crippen molar-refractivity contribution >= 4 is 28.4 Å². The SMILES string of the molecule is CC(c1ccc(Cl)cc1)N(C)C(=O)CCc1c[nH]c2ccccc12. The van der Waals surface area contributed by atoms with Crippen LogP contribution in [0, 0.1) is 0 Å². The highest BCUT2D eigenvalue weighted by Gasteiger charge is 2.17. The van der Waals surface area contributed by atoms with Crippen LogP contribution >= 0.6 is 11.6 Å². The number of H-pyrrole nitrogens is 1. The summed E-state index contributed by atoms with van der Waals surface area (Å²) < 4.78 is 0. The Hall–Kier alpha value is -2.26. The summed E-state index contributed by atoms with van der Waals surface area (Å²) in [4.78, 5) is 17.6. The molecule has 1 N–H and O–H groups in total. The maximum atomic E-state index is 12.5. The Morgan fingerprint density at radius 3 is 2.62 bits per heavy atom. The first kappa shape index (κ1) is 16.6. The monoisotopic (exact) mass is 340 g/mol. The lowest BCUT2D eigenvalue weighted by Gasteiger charge is -2.25. The molecule has 2 aromatic carbocycles. The normalized spacial score (nSPS) is 12.3. The minimum atomic E-state index is 0.0257. The topological polar surface area (TPSA) is 36.1 Å². The van der Waals surface area contributed by atoms with Crippen LogP contribution in [0.4, 0.5) is 0 Å². The molecule has 3 rings (SSSR count). The largest absolute Gasteiger partial charge is 0.361 e. The van der Waals surface area contributed by atoms with Crippen molar-refractivity contribution < 1.29 is 4.79 Å². The molecule has 1 aromatic heterocycles. The van der Waals surface area contributed by atoms with Crippen LogP contribution in [0.25, 0.3) is 10.9 Å². The second kappa shape index (κ2) is 7.10. The molecule has 0 radical (unpaired) electrons. The van der Waals surface area contributed by atoms with Crippen molar-refractivity contribution in [2.24, 2.45) is 0 Å². The molecule has 0 bridgehead atoms. The summed E-state index contributed by atoms with van der Waals surface area (Å²) in [5, 5.41) is 1.90. The van der Waals surface area contributed by atoms with Crippen LogP contribution in [0.15, 0.2) is 54.7 Å². The number of aryl methyl sites for hydroxylation is 1. The van der Waals surface area contributed by atoms with E-state index in [1.807, 2.05) is 56.6 Å². The van der Waals surface area contributed by atoms with Gasteiger partial charge in [0.1, 0.15) is 0 Å². The molecular weight excluding hydrogens is 320 g/mol. The minimum absolute atomic E-state index is 0.0257. The van der Waals surface area contributed by atoms with E-state index in [0.29, 0.717) is 11.4 Å². The molecule has 124 valence electrons. The average molecular weight is 341 g/mol.